The van der Waals surface area contributed by atoms with Gasteiger partial charge in [0.1, 0.15) is 12.1 Å². The number of benzene rings is 1. The molecular weight excluding hydrogens is 460 g/mol. The predicted molar refractivity (Wildman–Crippen MR) is 140 cm³/mol. The van der Waals surface area contributed by atoms with Crippen LogP contribution in [0, 0.1) is 18.3 Å². The van der Waals surface area contributed by atoms with E-state index in [4.69, 9.17) is 0 Å². The highest BCUT2D eigenvalue weighted by atomic mass is 32.1. The van der Waals surface area contributed by atoms with E-state index >= 15 is 0 Å². The first kappa shape index (κ1) is 26.9. The molecule has 1 aromatic carbocycles. The zero-order valence-electron chi connectivity index (χ0n) is 21.6. The summed E-state index contributed by atoms with van der Waals surface area (Å²) in [7, 11) is 0. The Morgan fingerprint density at radius 1 is 1.23 bits per heavy atom. The first-order chi connectivity index (χ1) is 16.5. The summed E-state index contributed by atoms with van der Waals surface area (Å²) in [5, 5.41) is 5.90. The van der Waals surface area contributed by atoms with Gasteiger partial charge < -0.3 is 15.5 Å². The summed E-state index contributed by atoms with van der Waals surface area (Å²) in [6.07, 6.45) is 2.74. The molecule has 2 unspecified atom stereocenters. The molecule has 2 N–H and O–H groups in total. The molecule has 3 rings (SSSR count). The van der Waals surface area contributed by atoms with E-state index in [0.717, 1.165) is 34.5 Å². The van der Waals surface area contributed by atoms with Crippen molar-refractivity contribution in [3.63, 3.8) is 0 Å². The number of carbonyl (C=O) groups is 3. The van der Waals surface area contributed by atoms with Gasteiger partial charge in [0.05, 0.1) is 22.1 Å². The number of aryl methyl sites for hydroxylation is 1. The summed E-state index contributed by atoms with van der Waals surface area (Å²) < 4.78 is 0. The van der Waals surface area contributed by atoms with E-state index in [1.807, 2.05) is 33.2 Å². The third-order valence-electron chi connectivity index (χ3n) is 6.53. The third kappa shape index (κ3) is 6.48. The van der Waals surface area contributed by atoms with Crippen LogP contribution in [0.25, 0.3) is 10.4 Å². The summed E-state index contributed by atoms with van der Waals surface area (Å²) in [5.41, 5.74) is 4.57. The van der Waals surface area contributed by atoms with Gasteiger partial charge in [0.2, 0.25) is 18.2 Å². The highest BCUT2D eigenvalue weighted by molar-refractivity contribution is 7.13. The maximum absolute atomic E-state index is 13.5. The van der Waals surface area contributed by atoms with Crippen molar-refractivity contribution in [2.45, 2.75) is 78.9 Å². The van der Waals surface area contributed by atoms with E-state index in [0.29, 0.717) is 25.3 Å². The van der Waals surface area contributed by atoms with Crippen LogP contribution in [-0.2, 0) is 14.4 Å². The van der Waals surface area contributed by atoms with E-state index in [-0.39, 0.29) is 17.9 Å². The predicted octanol–water partition coefficient (Wildman–Crippen LogP) is 4.47. The molecule has 190 valence electrons. The number of aromatic nitrogens is 1. The topological polar surface area (TPSA) is 91.4 Å². The third-order valence-corrected chi connectivity index (χ3v) is 7.51. The van der Waals surface area contributed by atoms with Crippen molar-refractivity contribution in [1.82, 2.24) is 20.5 Å². The van der Waals surface area contributed by atoms with Crippen LogP contribution in [0.3, 0.4) is 0 Å². The molecule has 3 amide bonds. The van der Waals surface area contributed by atoms with Gasteiger partial charge in [-0.2, -0.15) is 0 Å². The Kier molecular flexibility index (Phi) is 8.70. The number of hydrogen-bond donors (Lipinski definition) is 2. The smallest absolute Gasteiger partial charge is 0.246 e. The van der Waals surface area contributed by atoms with Crippen molar-refractivity contribution in [1.29, 1.82) is 0 Å². The van der Waals surface area contributed by atoms with Crippen molar-refractivity contribution < 1.29 is 14.4 Å². The number of thiazole rings is 1. The Morgan fingerprint density at radius 3 is 2.46 bits per heavy atom. The molecule has 0 radical (unpaired) electrons. The molecule has 0 bridgehead atoms. The van der Waals surface area contributed by atoms with E-state index < -0.39 is 17.5 Å². The average Bonchev–Trinajstić information content (AvgIpc) is 3.45. The lowest BCUT2D eigenvalue weighted by atomic mass is 9.85. The number of nitrogens with one attached hydrogen (secondary N) is 2. The van der Waals surface area contributed by atoms with E-state index in [1.54, 1.807) is 16.2 Å². The van der Waals surface area contributed by atoms with Crippen LogP contribution >= 0.6 is 11.3 Å². The van der Waals surface area contributed by atoms with Gasteiger partial charge in [-0.25, -0.2) is 4.98 Å². The van der Waals surface area contributed by atoms with E-state index in [1.165, 1.54) is 0 Å². The Hall–Kier alpha value is -2.74. The van der Waals surface area contributed by atoms with Gasteiger partial charge in [-0.15, -0.1) is 11.3 Å². The van der Waals surface area contributed by atoms with E-state index in [9.17, 15) is 14.4 Å². The molecule has 0 spiro atoms. The molecule has 8 heteroatoms. The first-order valence-electron chi connectivity index (χ1n) is 12.3. The quantitative estimate of drug-likeness (QED) is 0.499. The van der Waals surface area contributed by atoms with Gasteiger partial charge in [0.15, 0.2) is 0 Å². The molecule has 2 heterocycles. The molecule has 35 heavy (non-hydrogen) atoms. The van der Waals surface area contributed by atoms with Gasteiger partial charge in [-0.1, -0.05) is 58.9 Å². The fraction of sp³-hybridized carbons (Fsp3) is 0.556. The average molecular weight is 499 g/mol. The molecule has 0 saturated carbocycles. The molecule has 1 aromatic heterocycles. The minimum atomic E-state index is -0.678. The molecule has 2 aromatic rings. The molecule has 1 aliphatic rings. The lowest BCUT2D eigenvalue weighted by Gasteiger charge is -2.35. The van der Waals surface area contributed by atoms with Crippen LogP contribution in [0.1, 0.15) is 71.2 Å². The summed E-state index contributed by atoms with van der Waals surface area (Å²) >= 11 is 1.62. The van der Waals surface area contributed by atoms with Crippen molar-refractivity contribution in [2.75, 3.05) is 6.54 Å². The maximum atomic E-state index is 13.5. The fourth-order valence-electron chi connectivity index (χ4n) is 4.69. The Morgan fingerprint density at radius 2 is 1.91 bits per heavy atom. The lowest BCUT2D eigenvalue weighted by molar-refractivity contribution is -0.143. The van der Waals surface area contributed by atoms with Gasteiger partial charge in [-0.3, -0.25) is 14.4 Å². The van der Waals surface area contributed by atoms with Crippen molar-refractivity contribution in [3.05, 3.63) is 41.0 Å². The summed E-state index contributed by atoms with van der Waals surface area (Å²) in [5.74, 6) is 0.0432. The Labute approximate surface area is 212 Å². The number of rotatable bonds is 9. The van der Waals surface area contributed by atoms with Crippen LogP contribution in [0.2, 0.25) is 0 Å². The van der Waals surface area contributed by atoms with Crippen LogP contribution < -0.4 is 10.6 Å². The Bertz CT molecular complexity index is 1030. The fourth-order valence-corrected chi connectivity index (χ4v) is 5.50. The number of nitrogens with zero attached hydrogens (tertiary/aromatic N) is 2. The largest absolute Gasteiger partial charge is 0.347 e. The number of amides is 3. The molecule has 1 fully saturated rings. The monoisotopic (exact) mass is 498 g/mol. The summed E-state index contributed by atoms with van der Waals surface area (Å²) in [4.78, 5) is 45.1. The lowest BCUT2D eigenvalue weighted by Crippen LogP contribution is -2.56. The van der Waals surface area contributed by atoms with Gasteiger partial charge in [-0.05, 0) is 48.6 Å². The Balaban J connectivity index is 1.78. The zero-order chi connectivity index (χ0) is 25.8. The summed E-state index contributed by atoms with van der Waals surface area (Å²) in [6, 6.07) is 6.95. The van der Waals surface area contributed by atoms with Crippen LogP contribution in [-0.4, -0.2) is 46.7 Å². The number of carbonyl (C=O) groups excluding carboxylic acids is 3. The maximum Gasteiger partial charge on any atom is 0.246 e. The van der Waals surface area contributed by atoms with Crippen LogP contribution in [0.15, 0.2) is 29.8 Å². The first-order valence-corrected chi connectivity index (χ1v) is 13.2. The molecule has 1 aliphatic heterocycles. The molecule has 7 nitrogen and oxygen atoms in total. The van der Waals surface area contributed by atoms with E-state index in [2.05, 4.69) is 53.7 Å². The van der Waals surface area contributed by atoms with Crippen molar-refractivity contribution in [2.24, 2.45) is 11.3 Å². The SMILES string of the molecule is Cc1ncsc1-c1ccc([C@H](CC(C)C)NC(=O)C2CCCN2C(=O)C(NC=O)C(C)(C)C)cc1. The molecular formula is C27H38N4O3S. The number of hydrogen-bond acceptors (Lipinski definition) is 5. The van der Waals surface area contributed by atoms with Gasteiger partial charge in [0, 0.05) is 6.54 Å². The second kappa shape index (κ2) is 11.3. The van der Waals surface area contributed by atoms with Crippen LogP contribution in [0.5, 0.6) is 0 Å². The minimum Gasteiger partial charge on any atom is -0.347 e. The molecule has 0 aliphatic carbocycles. The highest BCUT2D eigenvalue weighted by Crippen LogP contribution is 2.30. The van der Waals surface area contributed by atoms with Crippen molar-refractivity contribution >= 4 is 29.6 Å². The van der Waals surface area contributed by atoms with Crippen LogP contribution in [0.4, 0.5) is 0 Å². The molecule has 1 saturated heterocycles. The normalized spacial score (nSPS) is 17.8. The minimum absolute atomic E-state index is 0.136. The second-order valence-corrected chi connectivity index (χ2v) is 11.7. The highest BCUT2D eigenvalue weighted by Gasteiger charge is 2.41. The standard InChI is InChI=1S/C27H38N4O3S/c1-17(2)14-21(19-9-11-20(12-10-19)23-18(3)29-16-35-23)30-25(33)22-8-7-13-31(22)26(34)24(28-15-32)27(4,5)6/h9-12,15-17,21-22,24H,7-8,13-14H2,1-6H3,(H,28,32)(H,30,33)/t21-,22?,24?/m0/s1. The van der Waals surface area contributed by atoms with Gasteiger partial charge >= 0.3 is 0 Å². The second-order valence-electron chi connectivity index (χ2n) is 10.9. The summed E-state index contributed by atoms with van der Waals surface area (Å²) in [6.45, 7) is 12.5. The molecule has 3 atom stereocenters. The number of likely N-dealkylation sites (tertiary alicyclic amines) is 1. The van der Waals surface area contributed by atoms with Gasteiger partial charge in [0.25, 0.3) is 0 Å². The zero-order valence-corrected chi connectivity index (χ0v) is 22.4. The van der Waals surface area contributed by atoms with Crippen molar-refractivity contribution in [3.8, 4) is 10.4 Å².